The Balaban J connectivity index is 2.30. The predicted molar refractivity (Wildman–Crippen MR) is 87.3 cm³/mol. The molecule has 1 saturated heterocycles. The van der Waals surface area contributed by atoms with Crippen molar-refractivity contribution in [2.75, 3.05) is 19.3 Å². The Labute approximate surface area is 133 Å². The highest BCUT2D eigenvalue weighted by Crippen LogP contribution is 2.28. The third-order valence-electron chi connectivity index (χ3n) is 4.21. The predicted octanol–water partition coefficient (Wildman–Crippen LogP) is 1.81. The molecule has 0 aromatic heterocycles. The second-order valence-corrected chi connectivity index (χ2v) is 10.4. The van der Waals surface area contributed by atoms with E-state index in [2.05, 4.69) is 0 Å². The van der Waals surface area contributed by atoms with E-state index in [0.717, 1.165) is 16.7 Å². The van der Waals surface area contributed by atoms with E-state index in [-0.39, 0.29) is 13.1 Å². The van der Waals surface area contributed by atoms with Crippen LogP contribution in [0.5, 0.6) is 0 Å². The molecule has 1 aromatic rings. The van der Waals surface area contributed by atoms with Gasteiger partial charge in [-0.25, -0.2) is 16.8 Å². The average molecular weight is 345 g/mol. The van der Waals surface area contributed by atoms with Crippen LogP contribution in [-0.4, -0.2) is 45.7 Å². The summed E-state index contributed by atoms with van der Waals surface area (Å²) in [5.74, 6) is 0. The van der Waals surface area contributed by atoms with Crippen LogP contribution in [0.2, 0.25) is 0 Å². The molecule has 0 aliphatic carbocycles. The maximum absolute atomic E-state index is 12.9. The second kappa shape index (κ2) is 5.94. The second-order valence-electron chi connectivity index (χ2n) is 6.16. The molecule has 0 spiro atoms. The highest BCUT2D eigenvalue weighted by molar-refractivity contribution is 7.91. The van der Waals surface area contributed by atoms with Gasteiger partial charge in [-0.05, 0) is 44.7 Å². The Bertz CT molecular complexity index is 751. The fourth-order valence-corrected chi connectivity index (χ4v) is 6.15. The summed E-state index contributed by atoms with van der Waals surface area (Å²) in [5, 5.41) is -0.431. The molecule has 0 bridgehead atoms. The van der Waals surface area contributed by atoms with Crippen molar-refractivity contribution in [2.24, 2.45) is 0 Å². The SMILES string of the molecule is Cc1cc(C)c(S(=O)(=O)N2CCC(S(C)(=O)=O)CC2)c(C)c1. The molecular formula is C15H23NO4S2. The molecule has 1 aromatic carbocycles. The average Bonchev–Trinajstić information content (AvgIpc) is 2.36. The minimum atomic E-state index is -3.57. The zero-order valence-corrected chi connectivity index (χ0v) is 15.1. The smallest absolute Gasteiger partial charge is 0.229 e. The molecule has 1 aliphatic rings. The number of rotatable bonds is 3. The molecule has 0 saturated carbocycles. The monoisotopic (exact) mass is 345 g/mol. The molecule has 0 N–H and O–H groups in total. The Morgan fingerprint density at radius 2 is 1.41 bits per heavy atom. The van der Waals surface area contributed by atoms with Gasteiger partial charge in [0, 0.05) is 19.3 Å². The zero-order valence-electron chi connectivity index (χ0n) is 13.5. The number of hydrogen-bond donors (Lipinski definition) is 0. The zero-order chi connectivity index (χ0) is 16.7. The van der Waals surface area contributed by atoms with Gasteiger partial charge in [0.25, 0.3) is 0 Å². The Morgan fingerprint density at radius 1 is 0.955 bits per heavy atom. The molecule has 1 heterocycles. The van der Waals surface area contributed by atoms with Crippen molar-refractivity contribution in [1.29, 1.82) is 0 Å². The number of piperidine rings is 1. The van der Waals surface area contributed by atoms with Crippen LogP contribution >= 0.6 is 0 Å². The molecule has 7 heteroatoms. The summed E-state index contributed by atoms with van der Waals surface area (Å²) in [4.78, 5) is 0.357. The number of sulfone groups is 1. The van der Waals surface area contributed by atoms with Crippen molar-refractivity contribution >= 4 is 19.9 Å². The van der Waals surface area contributed by atoms with Gasteiger partial charge in [0.1, 0.15) is 9.84 Å². The van der Waals surface area contributed by atoms with Crippen LogP contribution in [0.25, 0.3) is 0 Å². The lowest BCUT2D eigenvalue weighted by Crippen LogP contribution is -2.42. The van der Waals surface area contributed by atoms with Crippen molar-refractivity contribution in [1.82, 2.24) is 4.31 Å². The van der Waals surface area contributed by atoms with E-state index >= 15 is 0 Å². The van der Waals surface area contributed by atoms with E-state index in [0.29, 0.717) is 17.7 Å². The quantitative estimate of drug-likeness (QED) is 0.837. The van der Waals surface area contributed by atoms with E-state index in [1.165, 1.54) is 10.6 Å². The van der Waals surface area contributed by atoms with E-state index in [9.17, 15) is 16.8 Å². The summed E-state index contributed by atoms with van der Waals surface area (Å²) in [6.45, 7) is 6.06. The van der Waals surface area contributed by atoms with Gasteiger partial charge >= 0.3 is 0 Å². The number of aryl methyl sites for hydroxylation is 3. The Kier molecular flexibility index (Phi) is 4.71. The maximum Gasteiger partial charge on any atom is 0.243 e. The van der Waals surface area contributed by atoms with Gasteiger partial charge in [-0.2, -0.15) is 4.31 Å². The lowest BCUT2D eigenvalue weighted by Gasteiger charge is -2.31. The minimum absolute atomic E-state index is 0.257. The van der Waals surface area contributed by atoms with Gasteiger partial charge in [-0.15, -0.1) is 0 Å². The molecule has 2 rings (SSSR count). The summed E-state index contributed by atoms with van der Waals surface area (Å²) in [6.07, 6.45) is 1.94. The van der Waals surface area contributed by atoms with Crippen molar-refractivity contribution in [3.05, 3.63) is 28.8 Å². The summed E-state index contributed by atoms with van der Waals surface area (Å²) in [6, 6.07) is 3.73. The van der Waals surface area contributed by atoms with Crippen molar-refractivity contribution < 1.29 is 16.8 Å². The van der Waals surface area contributed by atoms with Crippen LogP contribution in [0.15, 0.2) is 17.0 Å². The molecule has 0 unspecified atom stereocenters. The Hall–Kier alpha value is -0.920. The first-order chi connectivity index (χ1) is 10.0. The van der Waals surface area contributed by atoms with Crippen molar-refractivity contribution in [3.63, 3.8) is 0 Å². The minimum Gasteiger partial charge on any atom is -0.229 e. The lowest BCUT2D eigenvalue weighted by atomic mass is 10.1. The van der Waals surface area contributed by atoms with Gasteiger partial charge in [0.15, 0.2) is 0 Å². The highest BCUT2D eigenvalue weighted by Gasteiger charge is 2.34. The number of nitrogens with zero attached hydrogens (tertiary/aromatic N) is 1. The Morgan fingerprint density at radius 3 is 1.82 bits per heavy atom. The molecular weight excluding hydrogens is 322 g/mol. The fraction of sp³-hybridized carbons (Fsp3) is 0.600. The number of sulfonamides is 1. The van der Waals surface area contributed by atoms with E-state index in [1.54, 1.807) is 13.8 Å². The number of benzene rings is 1. The molecule has 0 amide bonds. The fourth-order valence-electron chi connectivity index (χ4n) is 3.20. The largest absolute Gasteiger partial charge is 0.243 e. The number of hydrogen-bond acceptors (Lipinski definition) is 4. The van der Waals surface area contributed by atoms with Gasteiger partial charge in [0.05, 0.1) is 10.1 Å². The van der Waals surface area contributed by atoms with Crippen molar-refractivity contribution in [2.45, 2.75) is 43.8 Å². The van der Waals surface area contributed by atoms with Crippen LogP contribution < -0.4 is 0 Å². The summed E-state index contributed by atoms with van der Waals surface area (Å²) in [7, 11) is -6.67. The van der Waals surface area contributed by atoms with E-state index in [4.69, 9.17) is 0 Å². The van der Waals surface area contributed by atoms with Gasteiger partial charge in [-0.1, -0.05) is 17.7 Å². The van der Waals surface area contributed by atoms with Crippen LogP contribution in [-0.2, 0) is 19.9 Å². The van der Waals surface area contributed by atoms with E-state index in [1.807, 2.05) is 19.1 Å². The topological polar surface area (TPSA) is 71.5 Å². The summed E-state index contributed by atoms with van der Waals surface area (Å²) in [5.41, 5.74) is 2.51. The van der Waals surface area contributed by atoms with E-state index < -0.39 is 25.1 Å². The summed E-state index contributed by atoms with van der Waals surface area (Å²) < 4.78 is 50.3. The summed E-state index contributed by atoms with van der Waals surface area (Å²) >= 11 is 0. The van der Waals surface area contributed by atoms with Crippen LogP contribution in [0, 0.1) is 20.8 Å². The molecule has 22 heavy (non-hydrogen) atoms. The first-order valence-electron chi connectivity index (χ1n) is 7.30. The molecule has 0 atom stereocenters. The van der Waals surface area contributed by atoms with Gasteiger partial charge < -0.3 is 0 Å². The third-order valence-corrected chi connectivity index (χ3v) is 8.10. The molecule has 5 nitrogen and oxygen atoms in total. The van der Waals surface area contributed by atoms with Crippen LogP contribution in [0.1, 0.15) is 29.5 Å². The molecule has 1 fully saturated rings. The molecule has 0 radical (unpaired) electrons. The lowest BCUT2D eigenvalue weighted by molar-refractivity contribution is 0.346. The van der Waals surface area contributed by atoms with Crippen LogP contribution in [0.3, 0.4) is 0 Å². The first-order valence-corrected chi connectivity index (χ1v) is 10.7. The van der Waals surface area contributed by atoms with Crippen molar-refractivity contribution in [3.8, 4) is 0 Å². The van der Waals surface area contributed by atoms with Crippen LogP contribution in [0.4, 0.5) is 0 Å². The first kappa shape index (κ1) is 17.4. The third kappa shape index (κ3) is 3.36. The molecule has 124 valence electrons. The standard InChI is InChI=1S/C15H23NO4S2/c1-11-9-12(2)15(13(3)10-11)22(19,20)16-7-5-14(6-8-16)21(4,17)18/h9-10,14H,5-8H2,1-4H3. The van der Waals surface area contributed by atoms with Gasteiger partial charge in [-0.3, -0.25) is 0 Å². The van der Waals surface area contributed by atoms with Gasteiger partial charge in [0.2, 0.25) is 10.0 Å². The normalized spacial score (nSPS) is 18.5. The highest BCUT2D eigenvalue weighted by atomic mass is 32.2. The maximum atomic E-state index is 12.9. The molecule has 1 aliphatic heterocycles.